The van der Waals surface area contributed by atoms with Crippen LogP contribution in [0.1, 0.15) is 37.9 Å². The first-order chi connectivity index (χ1) is 16.6. The van der Waals surface area contributed by atoms with E-state index in [4.69, 9.17) is 27.1 Å². The molecule has 0 bridgehead atoms. The maximum absolute atomic E-state index is 14.6. The molecule has 1 aliphatic carbocycles. The number of nitrogens with one attached hydrogen (secondary N) is 1. The van der Waals surface area contributed by atoms with Gasteiger partial charge in [0.1, 0.15) is 17.1 Å². The van der Waals surface area contributed by atoms with E-state index in [2.05, 4.69) is 21.3 Å². The van der Waals surface area contributed by atoms with E-state index < -0.39 is 11.9 Å². The molecule has 3 aliphatic heterocycles. The van der Waals surface area contributed by atoms with Crippen molar-refractivity contribution in [1.82, 2.24) is 15.2 Å². The number of halogens is 2. The fraction of sp³-hybridized carbons (Fsp3) is 0.375. The maximum atomic E-state index is 14.6. The van der Waals surface area contributed by atoms with Crippen molar-refractivity contribution in [3.8, 4) is 6.07 Å². The third-order valence-electron chi connectivity index (χ3n) is 6.34. The summed E-state index contributed by atoms with van der Waals surface area (Å²) in [7, 11) is 0. The van der Waals surface area contributed by atoms with E-state index in [0.717, 1.165) is 66.1 Å². The molecule has 0 spiro atoms. The Labute approximate surface area is 206 Å². The molecule has 3 N–H and O–H groups in total. The predicted molar refractivity (Wildman–Crippen MR) is 134 cm³/mol. The van der Waals surface area contributed by atoms with Crippen LogP contribution in [-0.2, 0) is 4.74 Å². The molecule has 0 saturated carbocycles. The molecule has 2 aromatic heterocycles. The molecular weight excluding hydrogens is 475 g/mol. The summed E-state index contributed by atoms with van der Waals surface area (Å²) < 4.78 is 20.7. The molecule has 5 heterocycles. The molecular formula is C24H24ClFN6OS. The third kappa shape index (κ3) is 3.40. The second-order valence-electron chi connectivity index (χ2n) is 8.08. The van der Waals surface area contributed by atoms with Crippen LogP contribution in [0, 0.1) is 17.1 Å². The fourth-order valence-electron chi connectivity index (χ4n) is 4.83. The summed E-state index contributed by atoms with van der Waals surface area (Å²) >= 11 is 8.07. The van der Waals surface area contributed by atoms with Gasteiger partial charge in [0.2, 0.25) is 0 Å². The van der Waals surface area contributed by atoms with E-state index in [1.807, 2.05) is 20.0 Å². The lowest BCUT2D eigenvalue weighted by atomic mass is 9.83. The lowest BCUT2D eigenvalue weighted by Gasteiger charge is -2.32. The van der Waals surface area contributed by atoms with Crippen LogP contribution in [0.25, 0.3) is 15.7 Å². The Bertz CT molecular complexity index is 1350. The van der Waals surface area contributed by atoms with Crippen molar-refractivity contribution in [1.29, 1.82) is 5.26 Å². The Morgan fingerprint density at radius 1 is 1.29 bits per heavy atom. The topological polar surface area (TPSA) is 99.6 Å². The van der Waals surface area contributed by atoms with E-state index in [1.54, 1.807) is 0 Å². The van der Waals surface area contributed by atoms with Crippen molar-refractivity contribution >= 4 is 49.6 Å². The number of likely N-dealkylation sites (tertiary alicyclic amines) is 1. The highest BCUT2D eigenvalue weighted by molar-refractivity contribution is 7.23. The number of aromatic nitrogens is 1. The van der Waals surface area contributed by atoms with E-state index in [0.29, 0.717) is 39.6 Å². The number of pyridine rings is 1. The zero-order chi connectivity index (χ0) is 24.0. The number of nitrogens with zero attached hydrogens (tertiary/aromatic N) is 4. The zero-order valence-corrected chi connectivity index (χ0v) is 20.5. The Kier molecular flexibility index (Phi) is 6.06. The number of hydrogen-bond acceptors (Lipinski definition) is 8. The highest BCUT2D eigenvalue weighted by atomic mass is 35.5. The number of rotatable bonds is 1. The number of fused-ring (bicyclic) bond motifs is 3. The molecule has 176 valence electrons. The standard InChI is InChI=1S/C22H18ClFN6OS.C2H6/c23-17-15(19-16-10(5-25)21(26)32-20(16)14(24)7-27-19)13-9-31-8-12(13)11-6-28-22(29-18(11)17)30-3-1-2-4-30;1-2/h6-7,18H,1-4,8-9,26H2,(H,28,29);1-2H3. The molecule has 0 aromatic carbocycles. The molecule has 34 heavy (non-hydrogen) atoms. The van der Waals surface area contributed by atoms with Crippen molar-refractivity contribution < 1.29 is 9.13 Å². The first-order valence-electron chi connectivity index (χ1n) is 11.3. The number of ether oxygens (including phenoxy) is 1. The first kappa shape index (κ1) is 22.8. The van der Waals surface area contributed by atoms with Gasteiger partial charge in [-0.3, -0.25) is 4.98 Å². The molecule has 7 nitrogen and oxygen atoms in total. The summed E-state index contributed by atoms with van der Waals surface area (Å²) in [5, 5.41) is 14.2. The Hall–Kier alpha value is -2.93. The smallest absolute Gasteiger partial charge is 0.198 e. The van der Waals surface area contributed by atoms with Crippen LogP contribution in [0.2, 0.25) is 0 Å². The summed E-state index contributed by atoms with van der Waals surface area (Å²) in [4.78, 5) is 11.6. The number of nitrogen functional groups attached to an aromatic ring is 1. The van der Waals surface area contributed by atoms with E-state index in [1.165, 1.54) is 0 Å². The average Bonchev–Trinajstić information content (AvgIpc) is 3.62. The van der Waals surface area contributed by atoms with Crippen LogP contribution >= 0.6 is 22.9 Å². The monoisotopic (exact) mass is 498 g/mol. The lowest BCUT2D eigenvalue weighted by Crippen LogP contribution is -2.42. The van der Waals surface area contributed by atoms with Crippen LogP contribution in [0.3, 0.4) is 0 Å². The summed E-state index contributed by atoms with van der Waals surface area (Å²) in [5.41, 5.74) is 10.2. The van der Waals surface area contributed by atoms with Crippen molar-refractivity contribution in [2.75, 3.05) is 32.0 Å². The average molecular weight is 499 g/mol. The Balaban J connectivity index is 0.00000117. The van der Waals surface area contributed by atoms with Gasteiger partial charge in [-0.05, 0) is 24.0 Å². The van der Waals surface area contributed by atoms with Crippen LogP contribution in [0.15, 0.2) is 39.1 Å². The number of thiophene rings is 1. The first-order valence-corrected chi connectivity index (χ1v) is 12.5. The van der Waals surface area contributed by atoms with Crippen molar-refractivity contribution in [2.45, 2.75) is 32.7 Å². The second-order valence-corrected chi connectivity index (χ2v) is 9.54. The zero-order valence-electron chi connectivity index (χ0n) is 18.9. The molecule has 6 rings (SSSR count). The Morgan fingerprint density at radius 3 is 2.76 bits per heavy atom. The summed E-state index contributed by atoms with van der Waals surface area (Å²) in [6, 6.07) is 1.70. The molecule has 0 radical (unpaired) electrons. The molecule has 1 fully saturated rings. The van der Waals surface area contributed by atoms with Crippen LogP contribution in [0.5, 0.6) is 0 Å². The van der Waals surface area contributed by atoms with Gasteiger partial charge >= 0.3 is 0 Å². The minimum absolute atomic E-state index is 0.220. The molecule has 0 amide bonds. The third-order valence-corrected chi connectivity index (χ3v) is 7.76. The summed E-state index contributed by atoms with van der Waals surface area (Å²) in [6.07, 6.45) is 5.39. The molecule has 10 heteroatoms. The number of nitriles is 1. The minimum Gasteiger partial charge on any atom is -0.389 e. The van der Waals surface area contributed by atoms with Gasteiger partial charge in [0.05, 0.1) is 40.4 Å². The molecule has 1 unspecified atom stereocenters. The molecule has 4 aliphatic rings. The molecule has 2 aromatic rings. The lowest BCUT2D eigenvalue weighted by molar-refractivity contribution is 0.207. The van der Waals surface area contributed by atoms with Gasteiger partial charge in [-0.15, -0.1) is 11.3 Å². The SMILES string of the molecule is CC.N#Cc1c(N)sc2c(F)cnc(C3=C(Cl)C4N=C(N5CCCC5)NC=C4C4=C3COC4)c12. The molecule has 1 atom stereocenters. The van der Waals surface area contributed by atoms with Crippen LogP contribution in [0.4, 0.5) is 9.39 Å². The van der Waals surface area contributed by atoms with E-state index in [9.17, 15) is 9.65 Å². The number of nitrogens with two attached hydrogens (primary N) is 1. The summed E-state index contributed by atoms with van der Waals surface area (Å²) in [6.45, 7) is 6.69. The van der Waals surface area contributed by atoms with Crippen molar-refractivity contribution in [3.05, 3.63) is 51.2 Å². The van der Waals surface area contributed by atoms with E-state index >= 15 is 0 Å². The van der Waals surface area contributed by atoms with Crippen LogP contribution in [-0.4, -0.2) is 48.2 Å². The fourth-order valence-corrected chi connectivity index (χ4v) is 6.12. The number of hydrogen-bond donors (Lipinski definition) is 2. The quantitative estimate of drug-likeness (QED) is 0.600. The van der Waals surface area contributed by atoms with Gasteiger partial charge in [-0.1, -0.05) is 25.4 Å². The summed E-state index contributed by atoms with van der Waals surface area (Å²) in [5.74, 6) is 0.287. The predicted octanol–water partition coefficient (Wildman–Crippen LogP) is 4.51. The van der Waals surface area contributed by atoms with E-state index in [-0.39, 0.29) is 10.6 Å². The van der Waals surface area contributed by atoms with Gasteiger partial charge < -0.3 is 20.7 Å². The number of anilines is 1. The van der Waals surface area contributed by atoms with Gasteiger partial charge in [0, 0.05) is 35.8 Å². The highest BCUT2D eigenvalue weighted by Crippen LogP contribution is 2.48. The molecule has 1 saturated heterocycles. The van der Waals surface area contributed by atoms with Crippen LogP contribution < -0.4 is 11.1 Å². The normalized spacial score (nSPS) is 21.4. The van der Waals surface area contributed by atoms with Gasteiger partial charge in [0.25, 0.3) is 0 Å². The highest BCUT2D eigenvalue weighted by Gasteiger charge is 2.39. The second kappa shape index (κ2) is 9.02. The Morgan fingerprint density at radius 2 is 2.03 bits per heavy atom. The van der Waals surface area contributed by atoms with Crippen molar-refractivity contribution in [3.63, 3.8) is 0 Å². The van der Waals surface area contributed by atoms with Gasteiger partial charge in [0.15, 0.2) is 11.8 Å². The number of guanidine groups is 1. The largest absolute Gasteiger partial charge is 0.389 e. The maximum Gasteiger partial charge on any atom is 0.198 e. The minimum atomic E-state index is -0.511. The van der Waals surface area contributed by atoms with Crippen molar-refractivity contribution in [2.24, 2.45) is 4.99 Å². The van der Waals surface area contributed by atoms with Gasteiger partial charge in [-0.25, -0.2) is 9.38 Å². The van der Waals surface area contributed by atoms with Gasteiger partial charge in [-0.2, -0.15) is 5.26 Å². The number of aliphatic imine (C=N–C) groups is 1.